The van der Waals surface area contributed by atoms with E-state index in [0.717, 1.165) is 34.6 Å². The van der Waals surface area contributed by atoms with Crippen LogP contribution in [0.2, 0.25) is 5.02 Å². The maximum Gasteiger partial charge on any atom is 0.228 e. The molecule has 27 heavy (non-hydrogen) atoms. The molecular weight excluding hydrogens is 360 g/mol. The smallest absolute Gasteiger partial charge is 0.228 e. The lowest BCUT2D eigenvalue weighted by Crippen LogP contribution is -2.05. The third-order valence-corrected chi connectivity index (χ3v) is 4.59. The van der Waals surface area contributed by atoms with Crippen LogP contribution in [-0.4, -0.2) is 15.1 Å². The molecule has 0 unspecified atom stereocenters. The molecule has 2 aromatic heterocycles. The molecule has 136 valence electrons. The van der Waals surface area contributed by atoms with Gasteiger partial charge in [-0.3, -0.25) is 0 Å². The third-order valence-electron chi connectivity index (χ3n) is 4.35. The average Bonchev–Trinajstić information content (AvgIpc) is 3.10. The van der Waals surface area contributed by atoms with Crippen molar-refractivity contribution in [1.82, 2.24) is 15.1 Å². The van der Waals surface area contributed by atoms with Crippen molar-refractivity contribution in [3.8, 4) is 11.3 Å². The van der Waals surface area contributed by atoms with Crippen LogP contribution in [0.1, 0.15) is 23.9 Å². The molecule has 6 heteroatoms. The maximum atomic E-state index is 6.07. The minimum atomic E-state index is 0.560. The fourth-order valence-corrected chi connectivity index (χ4v) is 3.10. The fraction of sp³-hybridized carbons (Fsp3) is 0.190. The van der Waals surface area contributed by atoms with E-state index in [1.54, 1.807) is 0 Å². The van der Waals surface area contributed by atoms with Gasteiger partial charge in [-0.05, 0) is 24.6 Å². The molecule has 0 fully saturated rings. The summed E-state index contributed by atoms with van der Waals surface area (Å²) in [6.45, 7) is 4.66. The molecule has 0 radical (unpaired) electrons. The minimum absolute atomic E-state index is 0.560. The van der Waals surface area contributed by atoms with E-state index in [4.69, 9.17) is 16.1 Å². The summed E-state index contributed by atoms with van der Waals surface area (Å²) in [5.74, 6) is 1.38. The van der Waals surface area contributed by atoms with Gasteiger partial charge in [0, 0.05) is 23.6 Å². The number of aromatic nitrogens is 3. The molecule has 0 saturated carbocycles. The molecule has 0 saturated heterocycles. The third kappa shape index (κ3) is 3.64. The predicted molar refractivity (Wildman–Crippen MR) is 108 cm³/mol. The van der Waals surface area contributed by atoms with Gasteiger partial charge in [-0.1, -0.05) is 65.6 Å². The van der Waals surface area contributed by atoms with Crippen molar-refractivity contribution in [2.24, 2.45) is 0 Å². The van der Waals surface area contributed by atoms with Crippen LogP contribution >= 0.6 is 11.6 Å². The first-order chi connectivity index (χ1) is 13.1. The Hall–Kier alpha value is -2.92. The first kappa shape index (κ1) is 17.5. The van der Waals surface area contributed by atoms with Gasteiger partial charge in [0.15, 0.2) is 5.82 Å². The zero-order valence-electron chi connectivity index (χ0n) is 15.2. The number of hydrogen-bond acceptors (Lipinski definition) is 5. The molecule has 2 heterocycles. The standard InChI is InChI=1S/C21H19ClN4O/c1-3-17-24-19-18(15-9-7-13(2)8-10-15)26-27-20(19)21(25-17)23-12-14-5-4-6-16(22)11-14/h4-11H,3,12H2,1-2H3,(H,23,24,25). The highest BCUT2D eigenvalue weighted by molar-refractivity contribution is 6.30. The van der Waals surface area contributed by atoms with Gasteiger partial charge in [0.2, 0.25) is 5.58 Å². The SMILES string of the molecule is CCc1nc(NCc2cccc(Cl)c2)c2onc(-c3ccc(C)cc3)c2n1. The van der Waals surface area contributed by atoms with Gasteiger partial charge in [-0.2, -0.15) is 0 Å². The van der Waals surface area contributed by atoms with E-state index in [0.29, 0.717) is 23.0 Å². The topological polar surface area (TPSA) is 63.8 Å². The van der Waals surface area contributed by atoms with Crippen LogP contribution in [0.4, 0.5) is 5.82 Å². The second kappa shape index (κ2) is 7.37. The van der Waals surface area contributed by atoms with Crippen LogP contribution in [-0.2, 0) is 13.0 Å². The second-order valence-electron chi connectivity index (χ2n) is 6.40. The van der Waals surface area contributed by atoms with Crippen LogP contribution in [0.5, 0.6) is 0 Å². The molecule has 2 aromatic carbocycles. The first-order valence-electron chi connectivity index (χ1n) is 8.85. The van der Waals surface area contributed by atoms with E-state index in [1.165, 1.54) is 5.56 Å². The Morgan fingerprint density at radius 1 is 1.07 bits per heavy atom. The summed E-state index contributed by atoms with van der Waals surface area (Å²) in [7, 11) is 0. The van der Waals surface area contributed by atoms with Crippen molar-refractivity contribution < 1.29 is 4.52 Å². The van der Waals surface area contributed by atoms with Crippen molar-refractivity contribution in [2.45, 2.75) is 26.8 Å². The number of nitrogens with zero attached hydrogens (tertiary/aromatic N) is 3. The lowest BCUT2D eigenvalue weighted by atomic mass is 10.1. The Kier molecular flexibility index (Phi) is 4.77. The number of hydrogen-bond donors (Lipinski definition) is 1. The summed E-state index contributed by atoms with van der Waals surface area (Å²) in [4.78, 5) is 9.24. The minimum Gasteiger partial charge on any atom is -0.363 e. The molecule has 4 aromatic rings. The number of halogens is 1. The van der Waals surface area contributed by atoms with Crippen molar-refractivity contribution in [1.29, 1.82) is 0 Å². The largest absolute Gasteiger partial charge is 0.363 e. The summed E-state index contributed by atoms with van der Waals surface area (Å²) in [5.41, 5.74) is 5.24. The van der Waals surface area contributed by atoms with E-state index >= 15 is 0 Å². The Labute approximate surface area is 162 Å². The molecule has 0 amide bonds. The molecule has 0 atom stereocenters. The molecule has 4 rings (SSSR count). The van der Waals surface area contributed by atoms with E-state index < -0.39 is 0 Å². The van der Waals surface area contributed by atoms with Crippen LogP contribution in [0.15, 0.2) is 53.1 Å². The lowest BCUT2D eigenvalue weighted by molar-refractivity contribution is 0.459. The van der Waals surface area contributed by atoms with E-state index in [9.17, 15) is 0 Å². The molecular formula is C21H19ClN4O. The highest BCUT2D eigenvalue weighted by atomic mass is 35.5. The van der Waals surface area contributed by atoms with Crippen LogP contribution in [0.25, 0.3) is 22.4 Å². The lowest BCUT2D eigenvalue weighted by Gasteiger charge is -2.07. The van der Waals surface area contributed by atoms with Gasteiger partial charge in [0.1, 0.15) is 17.0 Å². The van der Waals surface area contributed by atoms with Crippen molar-refractivity contribution >= 4 is 28.5 Å². The van der Waals surface area contributed by atoms with Crippen LogP contribution < -0.4 is 5.32 Å². The summed E-state index contributed by atoms with van der Waals surface area (Å²) in [6, 6.07) is 15.9. The van der Waals surface area contributed by atoms with Crippen molar-refractivity contribution in [3.05, 3.63) is 70.5 Å². The summed E-state index contributed by atoms with van der Waals surface area (Å²) >= 11 is 6.07. The van der Waals surface area contributed by atoms with Gasteiger partial charge in [-0.15, -0.1) is 0 Å². The summed E-state index contributed by atoms with van der Waals surface area (Å²) in [6.07, 6.45) is 0.723. The molecule has 0 aliphatic rings. The number of aryl methyl sites for hydroxylation is 2. The molecule has 5 nitrogen and oxygen atoms in total. The second-order valence-corrected chi connectivity index (χ2v) is 6.84. The van der Waals surface area contributed by atoms with Gasteiger partial charge < -0.3 is 9.84 Å². The van der Waals surface area contributed by atoms with E-state index in [1.807, 2.05) is 43.3 Å². The van der Waals surface area contributed by atoms with E-state index in [2.05, 4.69) is 39.5 Å². The Morgan fingerprint density at radius 3 is 2.63 bits per heavy atom. The predicted octanol–water partition coefficient (Wildman–Crippen LogP) is 5.42. The average molecular weight is 379 g/mol. The highest BCUT2D eigenvalue weighted by Gasteiger charge is 2.18. The van der Waals surface area contributed by atoms with Crippen molar-refractivity contribution in [3.63, 3.8) is 0 Å². The van der Waals surface area contributed by atoms with E-state index in [-0.39, 0.29) is 0 Å². The Balaban J connectivity index is 1.73. The normalized spacial score (nSPS) is 11.1. The van der Waals surface area contributed by atoms with Gasteiger partial charge >= 0.3 is 0 Å². The van der Waals surface area contributed by atoms with Crippen LogP contribution in [0.3, 0.4) is 0 Å². The first-order valence-corrected chi connectivity index (χ1v) is 9.23. The summed E-state index contributed by atoms with van der Waals surface area (Å²) in [5, 5.41) is 8.30. The molecule has 0 aliphatic carbocycles. The maximum absolute atomic E-state index is 6.07. The number of fused-ring (bicyclic) bond motifs is 1. The van der Waals surface area contributed by atoms with Crippen LogP contribution in [0, 0.1) is 6.92 Å². The molecule has 0 bridgehead atoms. The zero-order valence-corrected chi connectivity index (χ0v) is 15.9. The number of anilines is 1. The monoisotopic (exact) mass is 378 g/mol. The van der Waals surface area contributed by atoms with Gasteiger partial charge in [0.25, 0.3) is 0 Å². The van der Waals surface area contributed by atoms with Gasteiger partial charge in [-0.25, -0.2) is 9.97 Å². The molecule has 0 aliphatic heterocycles. The Bertz CT molecular complexity index is 1090. The highest BCUT2D eigenvalue weighted by Crippen LogP contribution is 2.30. The number of nitrogens with one attached hydrogen (secondary N) is 1. The zero-order chi connectivity index (χ0) is 18.8. The number of benzene rings is 2. The fourth-order valence-electron chi connectivity index (χ4n) is 2.89. The molecule has 1 N–H and O–H groups in total. The molecule has 0 spiro atoms. The van der Waals surface area contributed by atoms with Crippen molar-refractivity contribution in [2.75, 3.05) is 5.32 Å². The Morgan fingerprint density at radius 2 is 1.89 bits per heavy atom. The quantitative estimate of drug-likeness (QED) is 0.502. The summed E-state index contributed by atoms with van der Waals surface area (Å²) < 4.78 is 5.61. The number of rotatable bonds is 5. The van der Waals surface area contributed by atoms with Gasteiger partial charge in [0.05, 0.1) is 0 Å².